The normalized spacial score (nSPS) is 15.0. The average molecular weight is 589 g/mol. The Morgan fingerprint density at radius 1 is 0.578 bits per heavy atom. The van der Waals surface area contributed by atoms with Crippen molar-refractivity contribution in [1.29, 1.82) is 0 Å². The summed E-state index contributed by atoms with van der Waals surface area (Å²) < 4.78 is 5.63. The first-order valence-corrected chi connectivity index (χ1v) is 15.8. The second-order valence-corrected chi connectivity index (χ2v) is 12.2. The van der Waals surface area contributed by atoms with Gasteiger partial charge in [-0.3, -0.25) is 9.80 Å². The van der Waals surface area contributed by atoms with E-state index in [4.69, 9.17) is 4.74 Å². The van der Waals surface area contributed by atoms with Gasteiger partial charge in [0.1, 0.15) is 0 Å². The number of rotatable bonds is 6. The van der Waals surface area contributed by atoms with Gasteiger partial charge in [-0.05, 0) is 78.8 Å². The summed E-state index contributed by atoms with van der Waals surface area (Å²) in [5, 5.41) is 21.7. The third-order valence-corrected chi connectivity index (χ3v) is 9.60. The van der Waals surface area contributed by atoms with Gasteiger partial charge in [0.05, 0.1) is 13.3 Å². The fourth-order valence-electron chi connectivity index (χ4n) is 7.55. The molecule has 0 saturated carbocycles. The summed E-state index contributed by atoms with van der Waals surface area (Å²) in [4.78, 5) is 5.11. The second kappa shape index (κ2) is 11.6. The molecule has 0 amide bonds. The number of nitrogens with zero attached hydrogens (tertiary/aromatic N) is 2. The highest BCUT2D eigenvalue weighted by molar-refractivity contribution is 6.03. The van der Waals surface area contributed by atoms with Crippen molar-refractivity contribution in [2.24, 2.45) is 0 Å². The van der Waals surface area contributed by atoms with E-state index in [2.05, 4.69) is 125 Å². The third kappa shape index (κ3) is 4.87. The molecule has 4 heteroatoms. The standard InChI is InChI=1S/C41H36N2O2/c1-45-39-21-10-20-36(40(39)44)41-42(26-37-32-16-6-2-12-28(32)24-29-13-3-7-17-33(29)37)22-11-23-43(41)27-38-34-18-8-4-14-30(34)25-31-15-5-9-19-35(31)38/h2-10,12-21,24-25,41,44H,11,22-23,26-27H2,1H3. The first-order chi connectivity index (χ1) is 22.2. The average Bonchev–Trinajstić information content (AvgIpc) is 3.08. The Labute approximate surface area is 263 Å². The number of aromatic hydroxyl groups is 1. The Morgan fingerprint density at radius 3 is 1.42 bits per heavy atom. The molecule has 4 nitrogen and oxygen atoms in total. The zero-order valence-electron chi connectivity index (χ0n) is 25.5. The minimum atomic E-state index is -0.149. The van der Waals surface area contributed by atoms with Crippen LogP contribution in [0.1, 0.15) is 29.3 Å². The van der Waals surface area contributed by atoms with Crippen LogP contribution in [0.25, 0.3) is 43.1 Å². The summed E-state index contributed by atoms with van der Waals surface area (Å²) in [5.74, 6) is 0.719. The fraction of sp³-hybridized carbons (Fsp3) is 0.171. The Balaban J connectivity index is 1.29. The summed E-state index contributed by atoms with van der Waals surface area (Å²) in [6.45, 7) is 3.36. The van der Waals surface area contributed by atoms with E-state index in [1.54, 1.807) is 7.11 Å². The molecule has 1 N–H and O–H groups in total. The molecule has 1 aliphatic rings. The zero-order valence-corrected chi connectivity index (χ0v) is 25.5. The van der Waals surface area contributed by atoms with Crippen molar-refractivity contribution in [3.05, 3.63) is 144 Å². The SMILES string of the molecule is COc1cccc(C2N(Cc3c4ccccc4cc4ccccc34)CCCN2Cc2c3ccccc3cc3ccccc23)c1O. The predicted octanol–water partition coefficient (Wildman–Crippen LogP) is 9.42. The van der Waals surface area contributed by atoms with Gasteiger partial charge < -0.3 is 9.84 Å². The minimum absolute atomic E-state index is 0.149. The molecule has 1 fully saturated rings. The van der Waals surface area contributed by atoms with Crippen molar-refractivity contribution >= 4 is 43.1 Å². The van der Waals surface area contributed by atoms with Gasteiger partial charge >= 0.3 is 0 Å². The van der Waals surface area contributed by atoms with Crippen molar-refractivity contribution in [2.75, 3.05) is 20.2 Å². The smallest absolute Gasteiger partial charge is 0.163 e. The van der Waals surface area contributed by atoms with E-state index in [0.717, 1.165) is 38.2 Å². The van der Waals surface area contributed by atoms with Crippen LogP contribution in [0.5, 0.6) is 11.5 Å². The summed E-state index contributed by atoms with van der Waals surface area (Å²) >= 11 is 0. The largest absolute Gasteiger partial charge is 0.504 e. The lowest BCUT2D eigenvalue weighted by molar-refractivity contribution is -0.00955. The third-order valence-electron chi connectivity index (χ3n) is 9.60. The molecule has 7 aromatic rings. The van der Waals surface area contributed by atoms with Crippen molar-refractivity contribution < 1.29 is 9.84 Å². The highest BCUT2D eigenvalue weighted by Gasteiger charge is 2.34. The van der Waals surface area contributed by atoms with Gasteiger partial charge in [0.15, 0.2) is 11.5 Å². The molecule has 1 heterocycles. The van der Waals surface area contributed by atoms with Gasteiger partial charge in [0.25, 0.3) is 0 Å². The Morgan fingerprint density at radius 2 is 1.00 bits per heavy atom. The van der Waals surface area contributed by atoms with Crippen molar-refractivity contribution in [3.8, 4) is 11.5 Å². The van der Waals surface area contributed by atoms with Gasteiger partial charge in [-0.15, -0.1) is 0 Å². The number of phenolic OH excluding ortho intramolecular Hbond substituents is 1. The van der Waals surface area contributed by atoms with Crippen LogP contribution in [0.4, 0.5) is 0 Å². The fourth-order valence-corrected chi connectivity index (χ4v) is 7.55. The van der Waals surface area contributed by atoms with Crippen LogP contribution in [-0.4, -0.2) is 35.1 Å². The van der Waals surface area contributed by atoms with E-state index in [1.807, 2.05) is 12.1 Å². The molecule has 8 rings (SSSR count). The molecule has 45 heavy (non-hydrogen) atoms. The summed E-state index contributed by atoms with van der Waals surface area (Å²) in [6, 6.07) is 45.4. The van der Waals surface area contributed by atoms with E-state index in [1.165, 1.54) is 54.2 Å². The van der Waals surface area contributed by atoms with Crippen LogP contribution in [0.2, 0.25) is 0 Å². The molecule has 0 unspecified atom stereocenters. The number of para-hydroxylation sites is 1. The van der Waals surface area contributed by atoms with Gasteiger partial charge in [-0.1, -0.05) is 109 Å². The maximum absolute atomic E-state index is 11.6. The Kier molecular flexibility index (Phi) is 7.09. The summed E-state index contributed by atoms with van der Waals surface area (Å²) in [5.41, 5.74) is 3.53. The van der Waals surface area contributed by atoms with Crippen molar-refractivity contribution in [1.82, 2.24) is 9.80 Å². The van der Waals surface area contributed by atoms with Gasteiger partial charge in [-0.25, -0.2) is 0 Å². The molecule has 0 atom stereocenters. The maximum atomic E-state index is 11.6. The second-order valence-electron chi connectivity index (χ2n) is 12.2. The van der Waals surface area contributed by atoms with Crippen LogP contribution in [0.3, 0.4) is 0 Å². The van der Waals surface area contributed by atoms with E-state index in [-0.39, 0.29) is 11.9 Å². The molecule has 0 radical (unpaired) electrons. The molecular formula is C41H36N2O2. The maximum Gasteiger partial charge on any atom is 0.163 e. The van der Waals surface area contributed by atoms with Crippen LogP contribution in [0, 0.1) is 0 Å². The number of benzene rings is 7. The number of hydrogen-bond acceptors (Lipinski definition) is 4. The Bertz CT molecular complexity index is 1950. The monoisotopic (exact) mass is 588 g/mol. The predicted molar refractivity (Wildman–Crippen MR) is 186 cm³/mol. The van der Waals surface area contributed by atoms with E-state index in [9.17, 15) is 5.11 Å². The molecule has 0 aliphatic carbocycles. The lowest BCUT2D eigenvalue weighted by atomic mass is 9.94. The van der Waals surface area contributed by atoms with E-state index in [0.29, 0.717) is 5.75 Å². The molecule has 0 spiro atoms. The molecule has 7 aromatic carbocycles. The molecular weight excluding hydrogens is 552 g/mol. The summed E-state index contributed by atoms with van der Waals surface area (Å²) in [7, 11) is 1.62. The van der Waals surface area contributed by atoms with Crippen LogP contribution in [0.15, 0.2) is 127 Å². The van der Waals surface area contributed by atoms with Crippen LogP contribution < -0.4 is 4.74 Å². The first kappa shape index (κ1) is 27.6. The Hall–Kier alpha value is -4.90. The molecule has 0 aromatic heterocycles. The number of methoxy groups -OCH3 is 1. The molecule has 1 aliphatic heterocycles. The first-order valence-electron chi connectivity index (χ1n) is 15.8. The van der Waals surface area contributed by atoms with E-state index < -0.39 is 0 Å². The van der Waals surface area contributed by atoms with Crippen LogP contribution in [-0.2, 0) is 13.1 Å². The molecule has 0 bridgehead atoms. The molecule has 222 valence electrons. The van der Waals surface area contributed by atoms with Crippen molar-refractivity contribution in [3.63, 3.8) is 0 Å². The quantitative estimate of drug-likeness (QED) is 0.196. The number of hydrogen-bond donors (Lipinski definition) is 1. The molecule has 1 saturated heterocycles. The van der Waals surface area contributed by atoms with E-state index >= 15 is 0 Å². The minimum Gasteiger partial charge on any atom is -0.504 e. The van der Waals surface area contributed by atoms with Crippen LogP contribution >= 0.6 is 0 Å². The topological polar surface area (TPSA) is 35.9 Å². The van der Waals surface area contributed by atoms with Gasteiger partial charge in [0.2, 0.25) is 0 Å². The lowest BCUT2D eigenvalue weighted by Crippen LogP contribution is -2.47. The van der Waals surface area contributed by atoms with Gasteiger partial charge in [0, 0.05) is 31.7 Å². The number of fused-ring (bicyclic) bond motifs is 4. The summed E-state index contributed by atoms with van der Waals surface area (Å²) in [6.07, 6.45) is 0.886. The highest BCUT2D eigenvalue weighted by atomic mass is 16.5. The lowest BCUT2D eigenvalue weighted by Gasteiger charge is -2.45. The number of ether oxygens (including phenoxy) is 1. The zero-order chi connectivity index (χ0) is 30.3. The number of phenols is 1. The highest BCUT2D eigenvalue weighted by Crippen LogP contribution is 2.42. The van der Waals surface area contributed by atoms with Crippen molar-refractivity contribution in [2.45, 2.75) is 25.7 Å². The van der Waals surface area contributed by atoms with Gasteiger partial charge in [-0.2, -0.15) is 0 Å².